The molecule has 0 unspecified atom stereocenters. The number of benzene rings is 2. The van der Waals surface area contributed by atoms with Crippen molar-refractivity contribution in [2.45, 2.75) is 12.8 Å². The van der Waals surface area contributed by atoms with Gasteiger partial charge in [-0.25, -0.2) is 4.79 Å². The maximum Gasteiger partial charge on any atom is 0.319 e. The summed E-state index contributed by atoms with van der Waals surface area (Å²) in [5.41, 5.74) is 0.529. The van der Waals surface area contributed by atoms with Crippen LogP contribution in [0.2, 0.25) is 5.02 Å². The van der Waals surface area contributed by atoms with Crippen molar-refractivity contribution >= 4 is 23.3 Å². The zero-order chi connectivity index (χ0) is 17.5. The van der Waals surface area contributed by atoms with E-state index in [1.54, 1.807) is 18.2 Å². The summed E-state index contributed by atoms with van der Waals surface area (Å²) in [6, 6.07) is 14.3. The van der Waals surface area contributed by atoms with Gasteiger partial charge >= 0.3 is 6.03 Å². The Hall–Kier alpha value is -2.24. The van der Waals surface area contributed by atoms with Crippen molar-refractivity contribution in [2.24, 2.45) is 5.92 Å². The topological polar surface area (TPSA) is 59.6 Å². The fourth-order valence-corrected chi connectivity index (χ4v) is 2.83. The molecule has 0 bridgehead atoms. The lowest BCUT2D eigenvalue weighted by molar-refractivity contribution is 0.0671. The zero-order valence-corrected chi connectivity index (χ0v) is 14.6. The molecule has 25 heavy (non-hydrogen) atoms. The Morgan fingerprint density at radius 1 is 1.16 bits per heavy atom. The highest BCUT2D eigenvalue weighted by Gasteiger charge is 2.15. The van der Waals surface area contributed by atoms with Crippen LogP contribution in [-0.2, 0) is 4.74 Å². The third kappa shape index (κ3) is 5.37. The van der Waals surface area contributed by atoms with Crippen LogP contribution in [0.5, 0.6) is 11.5 Å². The molecule has 0 saturated carbocycles. The summed E-state index contributed by atoms with van der Waals surface area (Å²) in [5.74, 6) is 1.69. The molecule has 1 fully saturated rings. The molecule has 2 aromatic carbocycles. The van der Waals surface area contributed by atoms with Gasteiger partial charge in [0.25, 0.3) is 0 Å². The molecule has 0 spiro atoms. The Labute approximate surface area is 152 Å². The van der Waals surface area contributed by atoms with E-state index in [1.165, 1.54) is 0 Å². The Morgan fingerprint density at radius 3 is 2.68 bits per heavy atom. The van der Waals surface area contributed by atoms with Crippen LogP contribution in [0.1, 0.15) is 12.8 Å². The van der Waals surface area contributed by atoms with Crippen LogP contribution < -0.4 is 15.4 Å². The first-order valence-electron chi connectivity index (χ1n) is 8.36. The molecule has 1 aliphatic rings. The van der Waals surface area contributed by atoms with Crippen LogP contribution in [0.4, 0.5) is 10.5 Å². The lowest BCUT2D eigenvalue weighted by atomic mass is 10.0. The molecule has 2 aromatic rings. The van der Waals surface area contributed by atoms with Crippen LogP contribution in [0.3, 0.4) is 0 Å². The van der Waals surface area contributed by atoms with E-state index in [-0.39, 0.29) is 6.03 Å². The number of urea groups is 1. The van der Waals surface area contributed by atoms with Crippen molar-refractivity contribution < 1.29 is 14.3 Å². The number of carbonyl (C=O) groups is 1. The summed E-state index contributed by atoms with van der Waals surface area (Å²) >= 11 is 6.06. The van der Waals surface area contributed by atoms with Gasteiger partial charge in [-0.3, -0.25) is 0 Å². The lowest BCUT2D eigenvalue weighted by Gasteiger charge is -2.22. The predicted octanol–water partition coefficient (Wildman–Crippen LogP) is 4.68. The van der Waals surface area contributed by atoms with E-state index in [2.05, 4.69) is 10.6 Å². The minimum atomic E-state index is -0.272. The Balaban J connectivity index is 1.62. The van der Waals surface area contributed by atoms with Crippen LogP contribution in [0, 0.1) is 5.92 Å². The number of nitrogens with one attached hydrogen (secondary N) is 2. The van der Waals surface area contributed by atoms with E-state index in [0.29, 0.717) is 34.7 Å². The highest BCUT2D eigenvalue weighted by molar-refractivity contribution is 6.31. The molecule has 1 saturated heterocycles. The molecular weight excluding hydrogens is 340 g/mol. The van der Waals surface area contributed by atoms with Gasteiger partial charge < -0.3 is 20.1 Å². The fraction of sp³-hybridized carbons (Fsp3) is 0.316. The quantitative estimate of drug-likeness (QED) is 0.813. The van der Waals surface area contributed by atoms with Gasteiger partial charge in [-0.2, -0.15) is 0 Å². The second-order valence-corrected chi connectivity index (χ2v) is 6.38. The lowest BCUT2D eigenvalue weighted by Crippen LogP contribution is -2.35. The largest absolute Gasteiger partial charge is 0.455 e. The first-order valence-corrected chi connectivity index (χ1v) is 8.73. The molecule has 0 atom stereocenters. The fourth-order valence-electron chi connectivity index (χ4n) is 2.66. The minimum Gasteiger partial charge on any atom is -0.455 e. The van der Waals surface area contributed by atoms with E-state index < -0.39 is 0 Å². The molecule has 2 amide bonds. The van der Waals surface area contributed by atoms with E-state index in [9.17, 15) is 4.79 Å². The van der Waals surface area contributed by atoms with Crippen molar-refractivity contribution in [1.82, 2.24) is 5.32 Å². The molecule has 0 radical (unpaired) electrons. The van der Waals surface area contributed by atoms with Gasteiger partial charge in [-0.15, -0.1) is 0 Å². The van der Waals surface area contributed by atoms with Crippen LogP contribution in [-0.4, -0.2) is 25.8 Å². The minimum absolute atomic E-state index is 0.272. The summed E-state index contributed by atoms with van der Waals surface area (Å²) in [6.45, 7) is 2.15. The number of amides is 2. The molecule has 0 aliphatic carbocycles. The number of rotatable bonds is 5. The number of ether oxygens (including phenoxy) is 2. The van der Waals surface area contributed by atoms with E-state index in [1.807, 2.05) is 30.3 Å². The smallest absolute Gasteiger partial charge is 0.319 e. The number of hydrogen-bond acceptors (Lipinski definition) is 3. The van der Waals surface area contributed by atoms with Crippen LogP contribution in [0.25, 0.3) is 0 Å². The van der Waals surface area contributed by atoms with Gasteiger partial charge in [-0.05, 0) is 49.1 Å². The molecule has 1 heterocycles. The monoisotopic (exact) mass is 360 g/mol. The van der Waals surface area contributed by atoms with Gasteiger partial charge in [0.05, 0.1) is 5.69 Å². The van der Waals surface area contributed by atoms with Gasteiger partial charge in [0, 0.05) is 24.8 Å². The van der Waals surface area contributed by atoms with Gasteiger partial charge in [0.1, 0.15) is 5.75 Å². The van der Waals surface area contributed by atoms with Gasteiger partial charge in [0.15, 0.2) is 5.75 Å². The van der Waals surface area contributed by atoms with Gasteiger partial charge in [0.2, 0.25) is 0 Å². The van der Waals surface area contributed by atoms with Gasteiger partial charge in [-0.1, -0.05) is 29.8 Å². The Bertz CT molecular complexity index is 703. The molecule has 2 N–H and O–H groups in total. The Kier molecular flexibility index (Phi) is 6.14. The number of halogens is 1. The average Bonchev–Trinajstić information content (AvgIpc) is 2.64. The van der Waals surface area contributed by atoms with Crippen LogP contribution >= 0.6 is 11.6 Å². The summed E-state index contributed by atoms with van der Waals surface area (Å²) < 4.78 is 11.2. The third-order valence-corrected chi connectivity index (χ3v) is 4.29. The van der Waals surface area contributed by atoms with Crippen molar-refractivity contribution in [3.05, 3.63) is 53.6 Å². The number of carbonyl (C=O) groups excluding carboxylic acids is 1. The molecule has 6 heteroatoms. The second-order valence-electron chi connectivity index (χ2n) is 5.95. The summed E-state index contributed by atoms with van der Waals surface area (Å²) in [6.07, 6.45) is 1.94. The predicted molar refractivity (Wildman–Crippen MR) is 98.5 cm³/mol. The summed E-state index contributed by atoms with van der Waals surface area (Å²) in [4.78, 5) is 12.2. The van der Waals surface area contributed by atoms with Crippen molar-refractivity contribution in [2.75, 3.05) is 25.1 Å². The Morgan fingerprint density at radius 2 is 1.92 bits per heavy atom. The van der Waals surface area contributed by atoms with E-state index in [0.717, 1.165) is 26.1 Å². The van der Waals surface area contributed by atoms with E-state index >= 15 is 0 Å². The van der Waals surface area contributed by atoms with Crippen LogP contribution in [0.15, 0.2) is 48.5 Å². The molecule has 132 valence electrons. The third-order valence-electron chi connectivity index (χ3n) is 4.05. The maximum atomic E-state index is 12.2. The maximum absolute atomic E-state index is 12.2. The molecule has 1 aliphatic heterocycles. The normalized spacial score (nSPS) is 14.8. The summed E-state index contributed by atoms with van der Waals surface area (Å²) in [7, 11) is 0. The first-order chi connectivity index (χ1) is 12.2. The molecule has 3 rings (SSSR count). The van der Waals surface area contributed by atoms with Crippen molar-refractivity contribution in [1.29, 1.82) is 0 Å². The highest BCUT2D eigenvalue weighted by atomic mass is 35.5. The summed E-state index contributed by atoms with van der Waals surface area (Å²) in [5, 5.41) is 6.26. The van der Waals surface area contributed by atoms with Crippen molar-refractivity contribution in [3.63, 3.8) is 0 Å². The zero-order valence-electron chi connectivity index (χ0n) is 13.8. The van der Waals surface area contributed by atoms with Crippen molar-refractivity contribution in [3.8, 4) is 11.5 Å². The second kappa shape index (κ2) is 8.74. The molecule has 5 nitrogen and oxygen atoms in total. The first kappa shape index (κ1) is 17.6. The SMILES string of the molecule is O=C(NCC1CCOCC1)Nc1cc(Cl)ccc1Oc1ccccc1. The molecule has 0 aromatic heterocycles. The number of hydrogen-bond donors (Lipinski definition) is 2. The average molecular weight is 361 g/mol. The molecular formula is C19H21ClN2O3. The number of para-hydroxylation sites is 1. The standard InChI is InChI=1S/C19H21ClN2O3/c20-15-6-7-18(25-16-4-2-1-3-5-16)17(12-15)22-19(23)21-13-14-8-10-24-11-9-14/h1-7,12,14H,8-11,13H2,(H2,21,22,23). The highest BCUT2D eigenvalue weighted by Crippen LogP contribution is 2.31. The number of anilines is 1. The van der Waals surface area contributed by atoms with E-state index in [4.69, 9.17) is 21.1 Å².